The quantitative estimate of drug-likeness (QED) is 0.676. The van der Waals surface area contributed by atoms with Crippen LogP contribution in [0.3, 0.4) is 0 Å². The molecule has 1 heterocycles. The first-order chi connectivity index (χ1) is 12.0. The summed E-state index contributed by atoms with van der Waals surface area (Å²) in [6.07, 6.45) is 0.573. The fraction of sp³-hybridized carbons (Fsp3) is 0.0556. The lowest BCUT2D eigenvalue weighted by molar-refractivity contribution is -0.107. The molecule has 0 aliphatic carbocycles. The van der Waals surface area contributed by atoms with Crippen LogP contribution in [0.4, 0.5) is 0 Å². The van der Waals surface area contributed by atoms with Gasteiger partial charge < -0.3 is 9.90 Å². The van der Waals surface area contributed by atoms with E-state index in [0.717, 1.165) is 0 Å². The summed E-state index contributed by atoms with van der Waals surface area (Å²) in [5.74, 6) is -1.21. The van der Waals surface area contributed by atoms with Crippen LogP contribution >= 0.6 is 23.2 Å². The van der Waals surface area contributed by atoms with Gasteiger partial charge in [0, 0.05) is 22.6 Å². The Balaban J connectivity index is 2.35. The molecular formula is C18H12Cl2N2O3. The van der Waals surface area contributed by atoms with Gasteiger partial charge in [0.25, 0.3) is 0 Å². The van der Waals surface area contributed by atoms with Crippen molar-refractivity contribution in [3.05, 3.63) is 69.8 Å². The molecule has 0 fully saturated rings. The van der Waals surface area contributed by atoms with Crippen LogP contribution in [0, 0.1) is 0 Å². The molecule has 126 valence electrons. The van der Waals surface area contributed by atoms with E-state index in [4.69, 9.17) is 23.2 Å². The Morgan fingerprint density at radius 3 is 2.40 bits per heavy atom. The summed E-state index contributed by atoms with van der Waals surface area (Å²) in [4.78, 5) is 22.7. The Labute approximate surface area is 153 Å². The Bertz CT molecular complexity index is 949. The topological polar surface area (TPSA) is 72.2 Å². The number of carbonyl (C=O) groups excluding carboxylic acids is 1. The summed E-state index contributed by atoms with van der Waals surface area (Å²) in [6.45, 7) is 0. The van der Waals surface area contributed by atoms with E-state index in [1.165, 1.54) is 4.68 Å². The zero-order valence-electron chi connectivity index (χ0n) is 12.8. The second-order valence-electron chi connectivity index (χ2n) is 5.22. The van der Waals surface area contributed by atoms with E-state index in [0.29, 0.717) is 38.8 Å². The summed E-state index contributed by atoms with van der Waals surface area (Å²) in [6, 6.07) is 13.8. The van der Waals surface area contributed by atoms with E-state index >= 15 is 0 Å². The monoisotopic (exact) mass is 374 g/mol. The lowest BCUT2D eigenvalue weighted by Gasteiger charge is -2.11. The highest BCUT2D eigenvalue weighted by atomic mass is 35.5. The lowest BCUT2D eigenvalue weighted by atomic mass is 10.0. The summed E-state index contributed by atoms with van der Waals surface area (Å²) in [5, 5.41) is 14.6. The first kappa shape index (κ1) is 17.2. The SMILES string of the molecule is O=CCc1c(C(=O)O)nn(-c2ccccc2Cl)c1-c1ccc(Cl)cc1. The van der Waals surface area contributed by atoms with E-state index in [2.05, 4.69) is 5.10 Å². The molecule has 0 saturated heterocycles. The number of hydrogen-bond donors (Lipinski definition) is 1. The Kier molecular flexibility index (Phi) is 4.88. The third-order valence-electron chi connectivity index (χ3n) is 3.67. The van der Waals surface area contributed by atoms with Crippen molar-refractivity contribution in [2.24, 2.45) is 0 Å². The Hall–Kier alpha value is -2.63. The third-order valence-corrected chi connectivity index (χ3v) is 4.24. The number of carboxylic acid groups (broad SMARTS) is 1. The summed E-state index contributed by atoms with van der Waals surface area (Å²) in [5.41, 5.74) is 1.84. The summed E-state index contributed by atoms with van der Waals surface area (Å²) < 4.78 is 1.45. The zero-order chi connectivity index (χ0) is 18.0. The van der Waals surface area contributed by atoms with Crippen LogP contribution in [-0.2, 0) is 11.2 Å². The van der Waals surface area contributed by atoms with Gasteiger partial charge in [-0.1, -0.05) is 47.5 Å². The van der Waals surface area contributed by atoms with Crippen molar-refractivity contribution in [1.82, 2.24) is 9.78 Å². The minimum atomic E-state index is -1.21. The molecule has 7 heteroatoms. The molecule has 25 heavy (non-hydrogen) atoms. The first-order valence-electron chi connectivity index (χ1n) is 7.32. The van der Waals surface area contributed by atoms with Crippen LogP contribution in [0.1, 0.15) is 16.1 Å². The number of carboxylic acids is 1. The van der Waals surface area contributed by atoms with Crippen LogP contribution in [0.15, 0.2) is 48.5 Å². The Morgan fingerprint density at radius 1 is 1.12 bits per heavy atom. The Morgan fingerprint density at radius 2 is 1.80 bits per heavy atom. The van der Waals surface area contributed by atoms with Gasteiger partial charge in [0.15, 0.2) is 5.69 Å². The predicted octanol–water partition coefficient (Wildman–Crippen LogP) is 4.29. The minimum absolute atomic E-state index is 0.0793. The smallest absolute Gasteiger partial charge is 0.356 e. The van der Waals surface area contributed by atoms with Crippen LogP contribution in [0.5, 0.6) is 0 Å². The predicted molar refractivity (Wildman–Crippen MR) is 95.7 cm³/mol. The van der Waals surface area contributed by atoms with E-state index in [9.17, 15) is 14.7 Å². The zero-order valence-corrected chi connectivity index (χ0v) is 14.3. The normalized spacial score (nSPS) is 10.6. The molecule has 0 saturated carbocycles. The minimum Gasteiger partial charge on any atom is -0.476 e. The van der Waals surface area contributed by atoms with Crippen LogP contribution < -0.4 is 0 Å². The number of para-hydroxylation sites is 1. The standard InChI is InChI=1S/C18H12Cl2N2O3/c19-12-7-5-11(6-8-12)17-13(9-10-23)16(18(24)25)21-22(17)15-4-2-1-3-14(15)20/h1-8,10H,9H2,(H,24,25). The van der Waals surface area contributed by atoms with E-state index < -0.39 is 5.97 Å². The second-order valence-corrected chi connectivity index (χ2v) is 6.07. The first-order valence-corrected chi connectivity index (χ1v) is 8.08. The number of nitrogens with zero attached hydrogens (tertiary/aromatic N) is 2. The van der Waals surface area contributed by atoms with Crippen LogP contribution in [0.25, 0.3) is 16.9 Å². The van der Waals surface area contributed by atoms with Crippen LogP contribution in [0.2, 0.25) is 10.0 Å². The molecule has 0 radical (unpaired) electrons. The maximum Gasteiger partial charge on any atom is 0.356 e. The number of rotatable bonds is 5. The van der Waals surface area contributed by atoms with Crippen molar-refractivity contribution in [2.75, 3.05) is 0 Å². The highest BCUT2D eigenvalue weighted by molar-refractivity contribution is 6.32. The molecular weight excluding hydrogens is 363 g/mol. The number of aromatic carboxylic acids is 1. The lowest BCUT2D eigenvalue weighted by Crippen LogP contribution is -2.03. The molecule has 0 bridgehead atoms. The number of hydrogen-bond acceptors (Lipinski definition) is 3. The average molecular weight is 375 g/mol. The second kappa shape index (κ2) is 7.09. The molecule has 0 aliphatic heterocycles. The van der Waals surface area contributed by atoms with E-state index in [1.54, 1.807) is 48.5 Å². The molecule has 0 unspecified atom stereocenters. The molecule has 0 spiro atoms. The van der Waals surface area contributed by atoms with Crippen molar-refractivity contribution in [2.45, 2.75) is 6.42 Å². The summed E-state index contributed by atoms with van der Waals surface area (Å²) in [7, 11) is 0. The van der Waals surface area contributed by atoms with E-state index in [-0.39, 0.29) is 12.1 Å². The highest BCUT2D eigenvalue weighted by Gasteiger charge is 2.24. The van der Waals surface area contributed by atoms with Gasteiger partial charge in [-0.2, -0.15) is 5.10 Å². The maximum absolute atomic E-state index is 11.6. The molecule has 0 aliphatic rings. The third kappa shape index (κ3) is 3.29. The summed E-state index contributed by atoms with van der Waals surface area (Å²) >= 11 is 12.2. The van der Waals surface area contributed by atoms with Gasteiger partial charge in [0.2, 0.25) is 0 Å². The highest BCUT2D eigenvalue weighted by Crippen LogP contribution is 2.32. The maximum atomic E-state index is 11.6. The molecule has 1 aromatic heterocycles. The molecule has 3 rings (SSSR count). The molecule has 1 N–H and O–H groups in total. The number of halogens is 2. The molecule has 0 amide bonds. The van der Waals surface area contributed by atoms with Gasteiger partial charge in [-0.3, -0.25) is 0 Å². The van der Waals surface area contributed by atoms with Crippen molar-refractivity contribution in [3.8, 4) is 16.9 Å². The fourth-order valence-electron chi connectivity index (χ4n) is 2.60. The van der Waals surface area contributed by atoms with Crippen molar-refractivity contribution < 1.29 is 14.7 Å². The van der Waals surface area contributed by atoms with Gasteiger partial charge in [0.05, 0.1) is 16.4 Å². The number of carbonyl (C=O) groups is 2. The van der Waals surface area contributed by atoms with Crippen LogP contribution in [-0.4, -0.2) is 27.1 Å². The molecule has 3 aromatic rings. The molecule has 5 nitrogen and oxygen atoms in total. The van der Waals surface area contributed by atoms with Gasteiger partial charge in [-0.05, 0) is 24.3 Å². The van der Waals surface area contributed by atoms with Crippen molar-refractivity contribution in [1.29, 1.82) is 0 Å². The number of benzene rings is 2. The van der Waals surface area contributed by atoms with Gasteiger partial charge >= 0.3 is 5.97 Å². The largest absolute Gasteiger partial charge is 0.476 e. The molecule has 2 aromatic carbocycles. The fourth-order valence-corrected chi connectivity index (χ4v) is 2.94. The van der Waals surface area contributed by atoms with Crippen molar-refractivity contribution in [3.63, 3.8) is 0 Å². The van der Waals surface area contributed by atoms with Gasteiger partial charge in [0.1, 0.15) is 6.29 Å². The van der Waals surface area contributed by atoms with Crippen molar-refractivity contribution >= 4 is 35.5 Å². The van der Waals surface area contributed by atoms with Gasteiger partial charge in [-0.15, -0.1) is 0 Å². The average Bonchev–Trinajstić information content (AvgIpc) is 2.96. The molecule has 0 atom stereocenters. The number of aldehydes is 1. The number of aromatic nitrogens is 2. The van der Waals surface area contributed by atoms with Gasteiger partial charge in [-0.25, -0.2) is 9.48 Å². The van der Waals surface area contributed by atoms with E-state index in [1.807, 2.05) is 0 Å².